The highest BCUT2D eigenvalue weighted by molar-refractivity contribution is 6.63. The summed E-state index contributed by atoms with van der Waals surface area (Å²) in [6.07, 6.45) is 0.304. The van der Waals surface area contributed by atoms with Gasteiger partial charge in [0, 0.05) is 11.9 Å². The summed E-state index contributed by atoms with van der Waals surface area (Å²) in [6, 6.07) is 0. The molecule has 0 radical (unpaired) electrons. The first-order valence-corrected chi connectivity index (χ1v) is 3.96. The Labute approximate surface area is 83.6 Å². The van der Waals surface area contributed by atoms with Crippen molar-refractivity contribution in [3.63, 3.8) is 0 Å². The van der Waals surface area contributed by atoms with Crippen LogP contribution < -0.4 is 5.69 Å². The molecule has 0 saturated heterocycles. The van der Waals surface area contributed by atoms with Crippen LogP contribution in [0.15, 0.2) is 11.0 Å². The van der Waals surface area contributed by atoms with Crippen molar-refractivity contribution in [2.45, 2.75) is 6.92 Å². The zero-order valence-corrected chi connectivity index (χ0v) is 8.24. The van der Waals surface area contributed by atoms with Crippen molar-refractivity contribution in [3.05, 3.63) is 22.4 Å². The van der Waals surface area contributed by atoms with E-state index >= 15 is 0 Å². The van der Waals surface area contributed by atoms with Crippen molar-refractivity contribution >= 4 is 23.1 Å². The van der Waals surface area contributed by atoms with Crippen molar-refractivity contribution < 1.29 is 14.3 Å². The average molecular weight is 219 g/mol. The van der Waals surface area contributed by atoms with E-state index in [0.29, 0.717) is 9.13 Å². The maximum Gasteiger partial charge on any atom is 0.422 e. The molecule has 0 saturated carbocycles. The van der Waals surface area contributed by atoms with E-state index in [4.69, 9.17) is 11.6 Å². The molecule has 7 heteroatoms. The smallest absolute Gasteiger partial charge is 0.422 e. The van der Waals surface area contributed by atoms with Gasteiger partial charge in [-0.1, -0.05) is 0 Å². The maximum absolute atomic E-state index is 11.4. The Bertz CT molecular complexity index is 445. The van der Waals surface area contributed by atoms with E-state index in [1.807, 2.05) is 0 Å². The average Bonchev–Trinajstić information content (AvgIpc) is 2.41. The number of aromatic nitrogens is 2. The first-order chi connectivity index (χ1) is 6.49. The lowest BCUT2D eigenvalue weighted by molar-refractivity contribution is 0.171. The van der Waals surface area contributed by atoms with Crippen LogP contribution in [0.3, 0.4) is 0 Å². The summed E-state index contributed by atoms with van der Waals surface area (Å²) in [5.41, 5.74) is -0.565. The number of carbonyl (C=O) groups excluding carboxylic acids is 2. The largest absolute Gasteiger partial charge is 0.452 e. The molecule has 0 spiro atoms. The molecule has 0 aliphatic heterocycles. The van der Waals surface area contributed by atoms with Gasteiger partial charge in [0.05, 0.1) is 7.11 Å². The molecule has 6 nitrogen and oxygen atoms in total. The van der Waals surface area contributed by atoms with Gasteiger partial charge in [-0.3, -0.25) is 4.79 Å². The van der Waals surface area contributed by atoms with Crippen molar-refractivity contribution in [1.29, 1.82) is 0 Å². The number of hydrogen-bond acceptors (Lipinski definition) is 4. The van der Waals surface area contributed by atoms with E-state index in [1.165, 1.54) is 6.92 Å². The third-order valence-electron chi connectivity index (χ3n) is 1.61. The maximum atomic E-state index is 11.4. The van der Waals surface area contributed by atoms with Gasteiger partial charge in [-0.05, 0) is 18.5 Å². The Balaban J connectivity index is 3.40. The van der Waals surface area contributed by atoms with Gasteiger partial charge in [-0.2, -0.15) is 4.57 Å². The van der Waals surface area contributed by atoms with Crippen LogP contribution in [0.2, 0.25) is 0 Å². The van der Waals surface area contributed by atoms with Crippen molar-refractivity contribution in [2.24, 2.45) is 0 Å². The fourth-order valence-electron chi connectivity index (χ4n) is 0.998. The lowest BCUT2D eigenvalue weighted by atomic mass is 10.5. The number of methoxy groups -OCH3 is 1. The molecule has 1 rings (SSSR count). The van der Waals surface area contributed by atoms with Gasteiger partial charge >= 0.3 is 17.1 Å². The van der Waals surface area contributed by atoms with Crippen LogP contribution in [0.4, 0.5) is 9.59 Å². The molecule has 0 N–H and O–H groups in total. The number of nitrogens with zero attached hydrogens (tertiary/aromatic N) is 2. The van der Waals surface area contributed by atoms with Gasteiger partial charge in [-0.25, -0.2) is 14.2 Å². The minimum Gasteiger partial charge on any atom is -0.452 e. The molecule has 0 atom stereocenters. The predicted molar refractivity (Wildman–Crippen MR) is 47.9 cm³/mol. The molecule has 14 heavy (non-hydrogen) atoms. The highest BCUT2D eigenvalue weighted by atomic mass is 35.5. The van der Waals surface area contributed by atoms with Gasteiger partial charge < -0.3 is 4.74 Å². The monoisotopic (exact) mass is 218 g/mol. The Kier molecular flexibility index (Phi) is 2.76. The molecule has 0 fully saturated rings. The van der Waals surface area contributed by atoms with E-state index in [2.05, 4.69) is 4.74 Å². The molecule has 0 aromatic carbocycles. The number of rotatable bonds is 0. The van der Waals surface area contributed by atoms with Crippen LogP contribution in [0.5, 0.6) is 0 Å². The second-order valence-corrected chi connectivity index (χ2v) is 2.80. The van der Waals surface area contributed by atoms with Crippen LogP contribution in [0.1, 0.15) is 5.69 Å². The molecular weight excluding hydrogens is 212 g/mol. The molecule has 1 aromatic heterocycles. The summed E-state index contributed by atoms with van der Waals surface area (Å²) >= 11 is 5.10. The highest BCUT2D eigenvalue weighted by Crippen LogP contribution is 1.98. The van der Waals surface area contributed by atoms with Crippen molar-refractivity contribution in [3.8, 4) is 0 Å². The first-order valence-electron chi connectivity index (χ1n) is 3.58. The Morgan fingerprint density at radius 2 is 2.07 bits per heavy atom. The molecule has 76 valence electrons. The quantitative estimate of drug-likeness (QED) is 0.604. The van der Waals surface area contributed by atoms with E-state index in [0.717, 1.165) is 13.3 Å². The highest BCUT2D eigenvalue weighted by Gasteiger charge is 2.17. The summed E-state index contributed by atoms with van der Waals surface area (Å²) in [5.74, 6) is 0. The molecule has 1 heterocycles. The number of imidazole rings is 1. The van der Waals surface area contributed by atoms with E-state index in [1.54, 1.807) is 0 Å². The molecule has 1 aromatic rings. The van der Waals surface area contributed by atoms with Gasteiger partial charge in [-0.15, -0.1) is 0 Å². The SMILES string of the molecule is COC(=O)n1c(C)cn(C(=O)Cl)c1=O. The van der Waals surface area contributed by atoms with Crippen LogP contribution in [0.25, 0.3) is 0 Å². The summed E-state index contributed by atoms with van der Waals surface area (Å²) in [4.78, 5) is 33.1. The molecular formula is C7H7ClN2O4. The Morgan fingerprint density at radius 3 is 2.43 bits per heavy atom. The van der Waals surface area contributed by atoms with Crippen molar-refractivity contribution in [1.82, 2.24) is 9.13 Å². The Morgan fingerprint density at radius 1 is 1.50 bits per heavy atom. The van der Waals surface area contributed by atoms with Crippen LogP contribution in [-0.2, 0) is 4.74 Å². The van der Waals surface area contributed by atoms with Gasteiger partial charge in [0.1, 0.15) is 0 Å². The van der Waals surface area contributed by atoms with Gasteiger partial charge in [0.15, 0.2) is 0 Å². The topological polar surface area (TPSA) is 70.3 Å². The number of ether oxygens (including phenoxy) is 1. The normalized spacial score (nSPS) is 9.93. The first kappa shape index (κ1) is 10.5. The minimum absolute atomic E-state index is 0.274. The zero-order valence-electron chi connectivity index (χ0n) is 7.48. The van der Waals surface area contributed by atoms with E-state index in [-0.39, 0.29) is 5.69 Å². The molecule has 0 unspecified atom stereocenters. The fraction of sp³-hybridized carbons (Fsp3) is 0.286. The third-order valence-corrected chi connectivity index (χ3v) is 1.79. The summed E-state index contributed by atoms with van der Waals surface area (Å²) in [6.45, 7) is 1.48. The number of aryl methyl sites for hydroxylation is 1. The number of halogens is 1. The predicted octanol–water partition coefficient (Wildman–Crippen LogP) is 0.780. The molecule has 0 aliphatic rings. The van der Waals surface area contributed by atoms with Gasteiger partial charge in [0.25, 0.3) is 0 Å². The van der Waals surface area contributed by atoms with Crippen molar-refractivity contribution in [2.75, 3.05) is 7.11 Å². The lowest BCUT2D eigenvalue weighted by Crippen LogP contribution is -2.31. The molecule has 0 aliphatic carbocycles. The summed E-state index contributed by atoms with van der Waals surface area (Å²) in [5, 5.41) is -0.972. The zero-order chi connectivity index (χ0) is 10.9. The lowest BCUT2D eigenvalue weighted by Gasteiger charge is -1.98. The van der Waals surface area contributed by atoms with Gasteiger partial charge in [0.2, 0.25) is 0 Å². The third kappa shape index (κ3) is 1.56. The summed E-state index contributed by atoms with van der Waals surface area (Å²) in [7, 11) is 1.13. The standard InChI is InChI=1S/C7H7ClN2O4/c1-4-3-9(5(8)11)6(12)10(4)7(13)14-2/h3H,1-2H3. The minimum atomic E-state index is -0.972. The summed E-state index contributed by atoms with van der Waals surface area (Å²) < 4.78 is 5.67. The van der Waals surface area contributed by atoms with E-state index in [9.17, 15) is 14.4 Å². The van der Waals surface area contributed by atoms with Crippen LogP contribution in [-0.4, -0.2) is 27.7 Å². The van der Waals surface area contributed by atoms with Crippen LogP contribution in [0, 0.1) is 6.92 Å². The molecule has 0 bridgehead atoms. The van der Waals surface area contributed by atoms with Crippen LogP contribution >= 0.6 is 11.6 Å². The second kappa shape index (κ2) is 3.67. The Hall–Kier alpha value is -1.56. The second-order valence-electron chi connectivity index (χ2n) is 2.48. The molecule has 0 amide bonds. The fourth-order valence-corrected chi connectivity index (χ4v) is 1.12. The number of carbonyl (C=O) groups is 2. The van der Waals surface area contributed by atoms with E-state index < -0.39 is 17.1 Å². The number of hydrogen-bond donors (Lipinski definition) is 0.